The van der Waals surface area contributed by atoms with Gasteiger partial charge in [-0.15, -0.1) is 5.10 Å². The molecule has 1 aromatic carbocycles. The van der Waals surface area contributed by atoms with E-state index in [0.717, 1.165) is 51.3 Å². The number of H-pyrrole nitrogens is 1. The van der Waals surface area contributed by atoms with E-state index in [4.69, 9.17) is 11.6 Å². The summed E-state index contributed by atoms with van der Waals surface area (Å²) in [6.07, 6.45) is 7.57. The molecule has 0 saturated carbocycles. The van der Waals surface area contributed by atoms with E-state index in [1.807, 2.05) is 12.1 Å². The molecular formula is C23H17ClN8O2. The highest BCUT2D eigenvalue weighted by molar-refractivity contribution is 6.31. The molecule has 0 amide bonds. The number of nitrogens with zero attached hydrogens (tertiary/aromatic N) is 7. The Hall–Kier alpha value is -4.31. The third-order valence-corrected chi connectivity index (χ3v) is 6.26. The number of fused-ring (bicyclic) bond motifs is 1. The van der Waals surface area contributed by atoms with Gasteiger partial charge in [0, 0.05) is 40.0 Å². The van der Waals surface area contributed by atoms with Gasteiger partial charge >= 0.3 is 0 Å². The minimum atomic E-state index is -0.197. The highest BCUT2D eigenvalue weighted by Gasteiger charge is 2.28. The largest absolute Gasteiger partial charge is 0.619 e. The van der Waals surface area contributed by atoms with Gasteiger partial charge in [-0.05, 0) is 53.1 Å². The number of tetrazole rings is 1. The van der Waals surface area contributed by atoms with E-state index in [0.29, 0.717) is 10.8 Å². The first kappa shape index (κ1) is 20.3. The number of aryl methyl sites for hydroxylation is 1. The number of benzene rings is 1. The van der Waals surface area contributed by atoms with Gasteiger partial charge in [0.05, 0.1) is 23.6 Å². The molecule has 5 heterocycles. The van der Waals surface area contributed by atoms with Crippen molar-refractivity contribution in [3.05, 3.63) is 99.5 Å². The second-order valence-electron chi connectivity index (χ2n) is 8.04. The topological polar surface area (TPSA) is 121 Å². The molecule has 0 saturated heterocycles. The predicted molar refractivity (Wildman–Crippen MR) is 123 cm³/mol. The first-order valence-corrected chi connectivity index (χ1v) is 11.0. The summed E-state index contributed by atoms with van der Waals surface area (Å²) >= 11 is 6.27. The molecule has 0 aliphatic carbocycles. The van der Waals surface area contributed by atoms with Crippen LogP contribution in [0.1, 0.15) is 24.0 Å². The molecule has 1 aliphatic heterocycles. The molecule has 0 radical (unpaired) electrons. The standard InChI is InChI=1S/C23H17ClN8O2/c24-16-1-3-20(31-13-26-28-29-31)18(11-16)15-9-17-2-4-21(32(17)22(33)10-15)23-25-12-19(27-23)14-5-7-30(34)8-6-14/h1,3,5-13,21H,2,4H2,(H,25,27)/t21-/m0/s1. The summed E-state index contributed by atoms with van der Waals surface area (Å²) in [5.41, 5.74) is 4.68. The molecule has 10 nitrogen and oxygen atoms in total. The van der Waals surface area contributed by atoms with Crippen LogP contribution in [-0.2, 0) is 6.42 Å². The summed E-state index contributed by atoms with van der Waals surface area (Å²) in [5.74, 6) is 0.708. The zero-order valence-electron chi connectivity index (χ0n) is 17.7. The van der Waals surface area contributed by atoms with Crippen LogP contribution in [0.3, 0.4) is 0 Å². The lowest BCUT2D eigenvalue weighted by Gasteiger charge is -2.15. The van der Waals surface area contributed by atoms with Gasteiger partial charge in [-0.3, -0.25) is 4.79 Å². The summed E-state index contributed by atoms with van der Waals surface area (Å²) < 4.78 is 4.06. The Kier molecular flexibility index (Phi) is 4.73. The SMILES string of the molecule is O=c1cc(-c2cc(Cl)ccc2-n2cnnn2)cc2n1[C@H](c1ncc(-c3cc[n+]([O-])cc3)[nH]1)CC2. The average Bonchev–Trinajstić information content (AvgIpc) is 3.60. The molecule has 0 bridgehead atoms. The van der Waals surface area contributed by atoms with Crippen LogP contribution in [0.15, 0.2) is 72.2 Å². The molecule has 168 valence electrons. The Morgan fingerprint density at radius 1 is 1.12 bits per heavy atom. The van der Waals surface area contributed by atoms with E-state index < -0.39 is 0 Å². The predicted octanol–water partition coefficient (Wildman–Crippen LogP) is 2.70. The van der Waals surface area contributed by atoms with Crippen LogP contribution < -0.4 is 10.3 Å². The zero-order valence-corrected chi connectivity index (χ0v) is 18.4. The first-order chi connectivity index (χ1) is 16.6. The number of rotatable bonds is 4. The molecular weight excluding hydrogens is 456 g/mol. The number of aromatic nitrogens is 8. The second kappa shape index (κ2) is 7.92. The van der Waals surface area contributed by atoms with E-state index in [-0.39, 0.29) is 11.6 Å². The van der Waals surface area contributed by atoms with Crippen LogP contribution in [0.25, 0.3) is 28.1 Å². The molecule has 5 aromatic rings. The van der Waals surface area contributed by atoms with E-state index in [9.17, 15) is 10.0 Å². The number of aromatic amines is 1. The highest BCUT2D eigenvalue weighted by atomic mass is 35.5. The Morgan fingerprint density at radius 3 is 2.76 bits per heavy atom. The van der Waals surface area contributed by atoms with Crippen molar-refractivity contribution in [2.24, 2.45) is 0 Å². The lowest BCUT2D eigenvalue weighted by atomic mass is 10.0. The van der Waals surface area contributed by atoms with Crippen LogP contribution in [0, 0.1) is 5.21 Å². The lowest BCUT2D eigenvalue weighted by Crippen LogP contribution is -2.24. The normalized spacial score (nSPS) is 14.9. The molecule has 6 rings (SSSR count). The Bertz CT molecular complexity index is 1560. The fourth-order valence-corrected chi connectivity index (χ4v) is 4.64. The third kappa shape index (κ3) is 3.44. The van der Waals surface area contributed by atoms with Crippen molar-refractivity contribution in [1.29, 1.82) is 0 Å². The molecule has 0 fully saturated rings. The van der Waals surface area contributed by atoms with Crippen molar-refractivity contribution in [3.63, 3.8) is 0 Å². The quantitative estimate of drug-likeness (QED) is 0.317. The minimum Gasteiger partial charge on any atom is -0.619 e. The summed E-state index contributed by atoms with van der Waals surface area (Å²) in [4.78, 5) is 21.1. The zero-order chi connectivity index (χ0) is 23.2. The highest BCUT2D eigenvalue weighted by Crippen LogP contribution is 2.34. The van der Waals surface area contributed by atoms with Crippen LogP contribution in [0.5, 0.6) is 0 Å². The fraction of sp³-hybridized carbons (Fsp3) is 0.130. The van der Waals surface area contributed by atoms with E-state index >= 15 is 0 Å². The number of hydrogen-bond donors (Lipinski definition) is 1. The Morgan fingerprint density at radius 2 is 1.97 bits per heavy atom. The van der Waals surface area contributed by atoms with Gasteiger partial charge in [0.25, 0.3) is 5.56 Å². The van der Waals surface area contributed by atoms with Gasteiger partial charge < -0.3 is 14.8 Å². The van der Waals surface area contributed by atoms with Gasteiger partial charge in [0.1, 0.15) is 12.2 Å². The molecule has 1 atom stereocenters. The van der Waals surface area contributed by atoms with E-state index in [1.165, 1.54) is 18.7 Å². The van der Waals surface area contributed by atoms with E-state index in [1.54, 1.807) is 45.8 Å². The maximum Gasteiger partial charge on any atom is 0.252 e. The molecule has 1 N–H and O–H groups in total. The summed E-state index contributed by atoms with van der Waals surface area (Å²) in [7, 11) is 0. The molecule has 1 aliphatic rings. The monoisotopic (exact) mass is 472 g/mol. The Labute approximate surface area is 197 Å². The smallest absolute Gasteiger partial charge is 0.252 e. The van der Waals surface area contributed by atoms with Gasteiger partial charge in [-0.25, -0.2) is 4.98 Å². The molecule has 0 spiro atoms. The van der Waals surface area contributed by atoms with Crippen molar-refractivity contribution >= 4 is 11.6 Å². The molecule has 11 heteroatoms. The summed E-state index contributed by atoms with van der Waals surface area (Å²) in [5, 5.41) is 23.3. The van der Waals surface area contributed by atoms with Crippen LogP contribution in [0.2, 0.25) is 5.02 Å². The average molecular weight is 473 g/mol. The fourth-order valence-electron chi connectivity index (χ4n) is 4.47. The summed E-state index contributed by atoms with van der Waals surface area (Å²) in [6, 6.07) is 12.2. The number of imidazole rings is 1. The van der Waals surface area contributed by atoms with Crippen molar-refractivity contribution in [3.8, 4) is 28.1 Å². The van der Waals surface area contributed by atoms with Crippen LogP contribution in [-0.4, -0.2) is 34.7 Å². The van der Waals surface area contributed by atoms with Gasteiger partial charge in [-0.2, -0.15) is 9.41 Å². The second-order valence-corrected chi connectivity index (χ2v) is 8.48. The maximum atomic E-state index is 13.3. The van der Waals surface area contributed by atoms with Gasteiger partial charge in [0.2, 0.25) is 0 Å². The number of hydrogen-bond acceptors (Lipinski definition) is 6. The van der Waals surface area contributed by atoms with E-state index in [2.05, 4.69) is 25.5 Å². The first-order valence-electron chi connectivity index (χ1n) is 10.6. The van der Waals surface area contributed by atoms with Gasteiger partial charge in [0.15, 0.2) is 12.4 Å². The molecule has 4 aromatic heterocycles. The number of nitrogens with one attached hydrogen (secondary N) is 1. The van der Waals surface area contributed by atoms with Crippen molar-refractivity contribution in [2.75, 3.05) is 0 Å². The van der Waals surface area contributed by atoms with Crippen molar-refractivity contribution in [1.82, 2.24) is 34.7 Å². The van der Waals surface area contributed by atoms with Crippen molar-refractivity contribution in [2.45, 2.75) is 18.9 Å². The number of halogens is 1. The maximum absolute atomic E-state index is 13.3. The van der Waals surface area contributed by atoms with Crippen LogP contribution in [0.4, 0.5) is 0 Å². The van der Waals surface area contributed by atoms with Crippen LogP contribution >= 0.6 is 11.6 Å². The van der Waals surface area contributed by atoms with Gasteiger partial charge in [-0.1, -0.05) is 11.6 Å². The minimum absolute atomic E-state index is 0.123. The lowest BCUT2D eigenvalue weighted by molar-refractivity contribution is -0.605. The summed E-state index contributed by atoms with van der Waals surface area (Å²) in [6.45, 7) is 0. The van der Waals surface area contributed by atoms with Crippen molar-refractivity contribution < 1.29 is 4.73 Å². The Balaban J connectivity index is 1.39. The molecule has 34 heavy (non-hydrogen) atoms. The third-order valence-electron chi connectivity index (χ3n) is 6.02. The molecule has 0 unspecified atom stereocenters. The number of pyridine rings is 2.